The number of aliphatic hydroxyl groups excluding tert-OH is 3. The maximum absolute atomic E-state index is 11.5. The molecule has 0 aliphatic rings. The number of H-pyrrole nitrogens is 2. The second-order valence-electron chi connectivity index (χ2n) is 4.30. The van der Waals surface area contributed by atoms with E-state index in [1.54, 1.807) is 0 Å². The van der Waals surface area contributed by atoms with Gasteiger partial charge in [0.25, 0.3) is 5.56 Å². The molecule has 20 heavy (non-hydrogen) atoms. The van der Waals surface area contributed by atoms with Crippen LogP contribution >= 0.6 is 0 Å². The molecule has 0 aliphatic heterocycles. The second kappa shape index (κ2) is 5.96. The summed E-state index contributed by atoms with van der Waals surface area (Å²) in [4.78, 5) is 17.9. The van der Waals surface area contributed by atoms with Gasteiger partial charge in [-0.2, -0.15) is 5.10 Å². The number of fused-ring (bicyclic) bond motifs is 1. The SMILES string of the molecule is Nc1nc2c(CNC[C@@H](O)[C@H](O)CO)[nH]nc2c(=O)[nH]1. The number of nitrogens with two attached hydrogens (primary N) is 1. The van der Waals surface area contributed by atoms with Gasteiger partial charge in [-0.1, -0.05) is 0 Å². The first-order valence-corrected chi connectivity index (χ1v) is 5.93. The van der Waals surface area contributed by atoms with Crippen LogP contribution in [-0.2, 0) is 6.54 Å². The lowest BCUT2D eigenvalue weighted by atomic mass is 10.2. The quantitative estimate of drug-likeness (QED) is 0.294. The number of nitrogens with zero attached hydrogens (tertiary/aromatic N) is 2. The standard InChI is InChI=1S/C10H16N6O4/c11-10-13-7-4(15-16-8(7)9(20)14-10)1-12-2-5(18)6(19)3-17/h5-6,12,17-19H,1-3H2,(H,15,16)(H3,11,13,14,20)/t5-,6-/m1/s1. The molecule has 10 heteroatoms. The fourth-order valence-electron chi connectivity index (χ4n) is 1.70. The Bertz CT molecular complexity index is 638. The molecule has 0 spiro atoms. The first-order chi connectivity index (χ1) is 9.52. The fraction of sp³-hybridized carbons (Fsp3) is 0.500. The molecule has 2 rings (SSSR count). The van der Waals surface area contributed by atoms with Crippen molar-refractivity contribution in [2.24, 2.45) is 0 Å². The number of aliphatic hydroxyl groups is 3. The predicted molar refractivity (Wildman–Crippen MR) is 69.7 cm³/mol. The van der Waals surface area contributed by atoms with Crippen molar-refractivity contribution in [2.75, 3.05) is 18.9 Å². The lowest BCUT2D eigenvalue weighted by Gasteiger charge is -2.15. The maximum Gasteiger partial charge on any atom is 0.280 e. The van der Waals surface area contributed by atoms with Crippen LogP contribution in [0, 0.1) is 0 Å². The zero-order valence-corrected chi connectivity index (χ0v) is 10.5. The molecule has 0 fully saturated rings. The van der Waals surface area contributed by atoms with Crippen molar-refractivity contribution < 1.29 is 15.3 Å². The van der Waals surface area contributed by atoms with Crippen LogP contribution in [0.5, 0.6) is 0 Å². The Morgan fingerprint density at radius 2 is 2.05 bits per heavy atom. The van der Waals surface area contributed by atoms with Crippen molar-refractivity contribution in [3.8, 4) is 0 Å². The van der Waals surface area contributed by atoms with Gasteiger partial charge in [0.2, 0.25) is 5.95 Å². The van der Waals surface area contributed by atoms with Crippen LogP contribution < -0.4 is 16.6 Å². The van der Waals surface area contributed by atoms with E-state index in [1.807, 2.05) is 0 Å². The van der Waals surface area contributed by atoms with Crippen LogP contribution in [0.3, 0.4) is 0 Å². The topological polar surface area (TPSA) is 173 Å². The number of hydrogen-bond donors (Lipinski definition) is 7. The highest BCUT2D eigenvalue weighted by Gasteiger charge is 2.15. The monoisotopic (exact) mass is 284 g/mol. The van der Waals surface area contributed by atoms with E-state index >= 15 is 0 Å². The van der Waals surface area contributed by atoms with Gasteiger partial charge in [-0.15, -0.1) is 0 Å². The Labute approximate surface area is 112 Å². The van der Waals surface area contributed by atoms with Gasteiger partial charge in [0.15, 0.2) is 5.52 Å². The summed E-state index contributed by atoms with van der Waals surface area (Å²) in [6, 6.07) is 0. The van der Waals surface area contributed by atoms with Crippen molar-refractivity contribution in [3.63, 3.8) is 0 Å². The Morgan fingerprint density at radius 1 is 1.30 bits per heavy atom. The van der Waals surface area contributed by atoms with Crippen molar-refractivity contribution in [2.45, 2.75) is 18.8 Å². The van der Waals surface area contributed by atoms with Crippen LogP contribution in [0.4, 0.5) is 5.95 Å². The van der Waals surface area contributed by atoms with Crippen molar-refractivity contribution >= 4 is 17.0 Å². The molecule has 0 aromatic carbocycles. The smallest absolute Gasteiger partial charge is 0.280 e. The zero-order chi connectivity index (χ0) is 14.7. The number of aromatic nitrogens is 4. The van der Waals surface area contributed by atoms with Gasteiger partial charge in [-0.25, -0.2) is 4.98 Å². The lowest BCUT2D eigenvalue weighted by Crippen LogP contribution is -2.38. The molecule has 2 aromatic rings. The van der Waals surface area contributed by atoms with E-state index in [0.717, 1.165) is 0 Å². The van der Waals surface area contributed by atoms with E-state index in [1.165, 1.54) is 0 Å². The molecule has 110 valence electrons. The molecule has 0 unspecified atom stereocenters. The van der Waals surface area contributed by atoms with Gasteiger partial charge >= 0.3 is 0 Å². The highest BCUT2D eigenvalue weighted by atomic mass is 16.4. The second-order valence-corrected chi connectivity index (χ2v) is 4.30. The largest absolute Gasteiger partial charge is 0.394 e. The number of hydrogen-bond acceptors (Lipinski definition) is 8. The normalized spacial score (nSPS) is 14.6. The predicted octanol–water partition coefficient (Wildman–Crippen LogP) is -2.97. The average molecular weight is 284 g/mol. The molecule has 0 saturated heterocycles. The van der Waals surface area contributed by atoms with Gasteiger partial charge in [-0.05, 0) is 0 Å². The summed E-state index contributed by atoms with van der Waals surface area (Å²) < 4.78 is 0. The summed E-state index contributed by atoms with van der Waals surface area (Å²) >= 11 is 0. The third kappa shape index (κ3) is 2.93. The number of nitrogen functional groups attached to an aromatic ring is 1. The molecular formula is C10H16N6O4. The lowest BCUT2D eigenvalue weighted by molar-refractivity contribution is -0.0130. The van der Waals surface area contributed by atoms with Crippen molar-refractivity contribution in [1.82, 2.24) is 25.5 Å². The number of anilines is 1. The molecule has 0 amide bonds. The molecule has 2 aromatic heterocycles. The van der Waals surface area contributed by atoms with Gasteiger partial charge in [0.1, 0.15) is 11.6 Å². The van der Waals surface area contributed by atoms with Crippen LogP contribution in [0.25, 0.3) is 11.0 Å². The number of aromatic amines is 2. The van der Waals surface area contributed by atoms with Gasteiger partial charge in [0, 0.05) is 13.1 Å². The summed E-state index contributed by atoms with van der Waals surface area (Å²) in [5.41, 5.74) is 6.04. The van der Waals surface area contributed by atoms with Crippen LogP contribution in [-0.4, -0.2) is 60.8 Å². The van der Waals surface area contributed by atoms with Crippen molar-refractivity contribution in [1.29, 1.82) is 0 Å². The van der Waals surface area contributed by atoms with E-state index in [-0.39, 0.29) is 24.6 Å². The van der Waals surface area contributed by atoms with Crippen LogP contribution in [0.1, 0.15) is 5.69 Å². The minimum Gasteiger partial charge on any atom is -0.394 e. The van der Waals surface area contributed by atoms with E-state index in [0.29, 0.717) is 11.2 Å². The first kappa shape index (κ1) is 14.4. The Kier molecular flexibility index (Phi) is 4.29. The zero-order valence-electron chi connectivity index (χ0n) is 10.5. The molecule has 0 saturated carbocycles. The summed E-state index contributed by atoms with van der Waals surface area (Å²) in [6.45, 7) is -0.230. The van der Waals surface area contributed by atoms with Crippen LogP contribution in [0.2, 0.25) is 0 Å². The third-order valence-electron chi connectivity index (χ3n) is 2.79. The minimum absolute atomic E-state index is 0.0131. The van der Waals surface area contributed by atoms with Crippen molar-refractivity contribution in [3.05, 3.63) is 16.0 Å². The first-order valence-electron chi connectivity index (χ1n) is 5.93. The molecule has 10 nitrogen and oxygen atoms in total. The molecule has 0 bridgehead atoms. The van der Waals surface area contributed by atoms with Gasteiger partial charge in [0.05, 0.1) is 18.4 Å². The molecule has 0 radical (unpaired) electrons. The van der Waals surface area contributed by atoms with E-state index in [2.05, 4.69) is 25.5 Å². The number of nitrogens with one attached hydrogen (secondary N) is 3. The maximum atomic E-state index is 11.5. The highest BCUT2D eigenvalue weighted by molar-refractivity contribution is 5.76. The minimum atomic E-state index is -1.21. The fourth-order valence-corrected chi connectivity index (χ4v) is 1.70. The Balaban J connectivity index is 2.06. The molecule has 8 N–H and O–H groups in total. The van der Waals surface area contributed by atoms with Crippen LogP contribution in [0.15, 0.2) is 4.79 Å². The molecule has 0 aliphatic carbocycles. The Hall–Kier alpha value is -2.01. The summed E-state index contributed by atoms with van der Waals surface area (Å²) in [7, 11) is 0. The van der Waals surface area contributed by atoms with E-state index < -0.39 is 24.4 Å². The van der Waals surface area contributed by atoms with Gasteiger partial charge < -0.3 is 26.4 Å². The van der Waals surface area contributed by atoms with E-state index in [9.17, 15) is 15.0 Å². The molecule has 2 atom stereocenters. The average Bonchev–Trinajstić information content (AvgIpc) is 2.81. The van der Waals surface area contributed by atoms with Gasteiger partial charge in [-0.3, -0.25) is 14.9 Å². The number of rotatable bonds is 6. The third-order valence-corrected chi connectivity index (χ3v) is 2.79. The Morgan fingerprint density at radius 3 is 2.75 bits per heavy atom. The summed E-state index contributed by atoms with van der Waals surface area (Å²) in [6.07, 6.45) is -2.31. The molecular weight excluding hydrogens is 268 g/mol. The molecule has 2 heterocycles. The van der Waals surface area contributed by atoms with E-state index in [4.69, 9.17) is 10.8 Å². The summed E-state index contributed by atoms with van der Waals surface area (Å²) in [5.74, 6) is -0.0131. The summed E-state index contributed by atoms with van der Waals surface area (Å²) in [5, 5.41) is 36.7. The highest BCUT2D eigenvalue weighted by Crippen LogP contribution is 2.09.